The van der Waals surface area contributed by atoms with E-state index in [1.165, 1.54) is 12.1 Å². The predicted molar refractivity (Wildman–Crippen MR) is 125 cm³/mol. The van der Waals surface area contributed by atoms with E-state index in [0.717, 1.165) is 0 Å². The summed E-state index contributed by atoms with van der Waals surface area (Å²) in [5.41, 5.74) is 6.36. The minimum Gasteiger partial charge on any atom is -0.508 e. The summed E-state index contributed by atoms with van der Waals surface area (Å²) in [5.74, 6) is -3.93. The monoisotopic (exact) mass is 480 g/mol. The zero-order valence-corrected chi connectivity index (χ0v) is 19.9. The molecule has 0 aliphatic rings. The van der Waals surface area contributed by atoms with Gasteiger partial charge in [-0.2, -0.15) is 0 Å². The zero-order chi connectivity index (χ0) is 26.0. The third-order valence-electron chi connectivity index (χ3n) is 5.62. The molecule has 0 fully saturated rings. The van der Waals surface area contributed by atoms with Crippen LogP contribution in [0.5, 0.6) is 5.75 Å². The molecule has 0 aliphatic heterocycles. The molecule has 0 aliphatic carbocycles. The van der Waals surface area contributed by atoms with E-state index < -0.39 is 54.5 Å². The minimum atomic E-state index is -1.33. The first kappa shape index (κ1) is 28.9. The molecule has 190 valence electrons. The molecule has 34 heavy (non-hydrogen) atoms. The second-order valence-corrected chi connectivity index (χ2v) is 8.66. The van der Waals surface area contributed by atoms with Gasteiger partial charge in [-0.05, 0) is 29.5 Å². The number of phenolic OH excluding ortho intramolecular Hbond substituents is 1. The second-order valence-electron chi connectivity index (χ2n) is 8.66. The second kappa shape index (κ2) is 13.5. The van der Waals surface area contributed by atoms with Gasteiger partial charge in [0.15, 0.2) is 0 Å². The number of carboxylic acids is 1. The number of hydrogen-bond donors (Lipinski definition) is 7. The fraction of sp³-hybridized carbons (Fsp3) is 0.565. The van der Waals surface area contributed by atoms with E-state index in [9.17, 15) is 34.5 Å². The summed E-state index contributed by atoms with van der Waals surface area (Å²) in [6.45, 7) is 6.27. The first-order chi connectivity index (χ1) is 15.9. The Labute approximate surface area is 199 Å². The van der Waals surface area contributed by atoms with Crippen molar-refractivity contribution in [3.8, 4) is 5.75 Å². The highest BCUT2D eigenvalue weighted by Crippen LogP contribution is 2.13. The van der Waals surface area contributed by atoms with Gasteiger partial charge in [-0.3, -0.25) is 14.4 Å². The average molecular weight is 481 g/mol. The molecule has 1 aromatic rings. The lowest BCUT2D eigenvalue weighted by molar-refractivity contribution is -0.142. The van der Waals surface area contributed by atoms with Crippen LogP contribution >= 0.6 is 0 Å². The number of aliphatic hydroxyl groups is 1. The SMILES string of the molecule is CCC(C)C(NC(=O)C(CO)NC(=O)C(N)C(C)C)C(=O)NC(Cc1ccc(O)cc1)C(=O)O. The van der Waals surface area contributed by atoms with Crippen molar-refractivity contribution in [2.75, 3.05) is 6.61 Å². The number of amides is 3. The highest BCUT2D eigenvalue weighted by atomic mass is 16.4. The number of hydrogen-bond acceptors (Lipinski definition) is 7. The van der Waals surface area contributed by atoms with Gasteiger partial charge in [-0.15, -0.1) is 0 Å². The van der Waals surface area contributed by atoms with Crippen LogP contribution in [0.4, 0.5) is 0 Å². The van der Waals surface area contributed by atoms with E-state index in [4.69, 9.17) is 5.73 Å². The van der Waals surface area contributed by atoms with Gasteiger partial charge in [0.2, 0.25) is 17.7 Å². The van der Waals surface area contributed by atoms with Gasteiger partial charge in [0.25, 0.3) is 0 Å². The molecule has 0 aromatic heterocycles. The number of rotatable bonds is 13. The number of carboxylic acid groups (broad SMARTS) is 1. The van der Waals surface area contributed by atoms with E-state index in [-0.39, 0.29) is 24.0 Å². The number of aliphatic hydroxyl groups excluding tert-OH is 1. The van der Waals surface area contributed by atoms with Gasteiger partial charge >= 0.3 is 5.97 Å². The summed E-state index contributed by atoms with van der Waals surface area (Å²) in [6, 6.07) is 1.31. The van der Waals surface area contributed by atoms with Crippen molar-refractivity contribution in [1.29, 1.82) is 0 Å². The van der Waals surface area contributed by atoms with Gasteiger partial charge < -0.3 is 37.0 Å². The van der Waals surface area contributed by atoms with Crippen molar-refractivity contribution in [3.05, 3.63) is 29.8 Å². The van der Waals surface area contributed by atoms with Crippen molar-refractivity contribution >= 4 is 23.7 Å². The first-order valence-electron chi connectivity index (χ1n) is 11.2. The van der Waals surface area contributed by atoms with Crippen LogP contribution in [0.1, 0.15) is 39.7 Å². The Morgan fingerprint density at radius 2 is 1.47 bits per heavy atom. The molecule has 1 aromatic carbocycles. The lowest BCUT2D eigenvalue weighted by Crippen LogP contribution is -2.60. The Balaban J connectivity index is 2.95. The molecule has 3 amide bonds. The smallest absolute Gasteiger partial charge is 0.326 e. The number of aliphatic carboxylic acids is 1. The Morgan fingerprint density at radius 1 is 0.912 bits per heavy atom. The van der Waals surface area contributed by atoms with E-state index >= 15 is 0 Å². The van der Waals surface area contributed by atoms with Crippen LogP contribution in [0.25, 0.3) is 0 Å². The van der Waals surface area contributed by atoms with Crippen molar-refractivity contribution in [3.63, 3.8) is 0 Å². The Hall–Kier alpha value is -3.18. The molecule has 0 saturated carbocycles. The van der Waals surface area contributed by atoms with Crippen molar-refractivity contribution in [1.82, 2.24) is 16.0 Å². The number of aromatic hydroxyl groups is 1. The number of nitrogens with one attached hydrogen (secondary N) is 3. The molecule has 1 rings (SSSR count). The number of carbonyl (C=O) groups excluding carboxylic acids is 3. The third kappa shape index (κ3) is 8.64. The fourth-order valence-corrected chi connectivity index (χ4v) is 3.05. The highest BCUT2D eigenvalue weighted by molar-refractivity contribution is 5.94. The summed E-state index contributed by atoms with van der Waals surface area (Å²) in [7, 11) is 0. The van der Waals surface area contributed by atoms with Gasteiger partial charge in [0, 0.05) is 6.42 Å². The lowest BCUT2D eigenvalue weighted by Gasteiger charge is -2.28. The molecule has 11 heteroatoms. The van der Waals surface area contributed by atoms with E-state index in [1.807, 2.05) is 0 Å². The predicted octanol–water partition coefficient (Wildman–Crippen LogP) is -0.505. The van der Waals surface area contributed by atoms with E-state index in [0.29, 0.717) is 12.0 Å². The molecule has 11 nitrogen and oxygen atoms in total. The van der Waals surface area contributed by atoms with Crippen LogP contribution < -0.4 is 21.7 Å². The quantitative estimate of drug-likeness (QED) is 0.196. The number of nitrogens with two attached hydrogens (primary N) is 1. The molecule has 0 spiro atoms. The van der Waals surface area contributed by atoms with Crippen molar-refractivity contribution in [2.24, 2.45) is 17.6 Å². The van der Waals surface area contributed by atoms with Crippen LogP contribution in [0, 0.1) is 11.8 Å². The maximum absolute atomic E-state index is 13.0. The maximum atomic E-state index is 13.0. The topological polar surface area (TPSA) is 191 Å². The van der Waals surface area contributed by atoms with Crippen LogP contribution in [-0.2, 0) is 25.6 Å². The van der Waals surface area contributed by atoms with Gasteiger partial charge in [0.05, 0.1) is 12.6 Å². The molecule has 0 bridgehead atoms. The van der Waals surface area contributed by atoms with E-state index in [2.05, 4.69) is 16.0 Å². The van der Waals surface area contributed by atoms with E-state index in [1.54, 1.807) is 39.8 Å². The summed E-state index contributed by atoms with van der Waals surface area (Å²) >= 11 is 0. The molecular weight excluding hydrogens is 444 g/mol. The normalized spacial score (nSPS) is 15.5. The van der Waals surface area contributed by atoms with Gasteiger partial charge in [-0.1, -0.05) is 46.2 Å². The van der Waals surface area contributed by atoms with Crippen molar-refractivity contribution in [2.45, 2.75) is 64.7 Å². The molecular formula is C23H36N4O7. The van der Waals surface area contributed by atoms with Crippen LogP contribution in [0.2, 0.25) is 0 Å². The zero-order valence-electron chi connectivity index (χ0n) is 19.9. The summed E-state index contributed by atoms with van der Waals surface area (Å²) in [6.07, 6.45) is 0.452. The third-order valence-corrected chi connectivity index (χ3v) is 5.62. The molecule has 5 unspecified atom stereocenters. The number of phenols is 1. The Morgan fingerprint density at radius 3 is 1.94 bits per heavy atom. The Kier molecular flexibility index (Phi) is 11.5. The number of benzene rings is 1. The molecule has 8 N–H and O–H groups in total. The largest absolute Gasteiger partial charge is 0.508 e. The lowest BCUT2D eigenvalue weighted by atomic mass is 9.97. The average Bonchev–Trinajstić information content (AvgIpc) is 2.80. The standard InChI is InChI=1S/C23H36N4O7/c1-5-13(4)19(27-20(30)17(11-28)26-21(31)18(24)12(2)3)22(32)25-16(23(33)34)10-14-6-8-15(29)9-7-14/h6-9,12-13,16-19,28-29H,5,10-11,24H2,1-4H3,(H,25,32)(H,26,31)(H,27,30)(H,33,34). The summed E-state index contributed by atoms with van der Waals surface area (Å²) in [4.78, 5) is 49.6. The fourth-order valence-electron chi connectivity index (χ4n) is 3.05. The summed E-state index contributed by atoms with van der Waals surface area (Å²) < 4.78 is 0. The minimum absolute atomic E-state index is 0.0269. The van der Waals surface area contributed by atoms with Crippen LogP contribution in [0.3, 0.4) is 0 Å². The van der Waals surface area contributed by atoms with Gasteiger partial charge in [-0.25, -0.2) is 4.79 Å². The van der Waals surface area contributed by atoms with Crippen molar-refractivity contribution < 1.29 is 34.5 Å². The Bertz CT molecular complexity index is 844. The molecule has 5 atom stereocenters. The maximum Gasteiger partial charge on any atom is 0.326 e. The highest BCUT2D eigenvalue weighted by Gasteiger charge is 2.32. The number of carbonyl (C=O) groups is 4. The molecule has 0 heterocycles. The first-order valence-corrected chi connectivity index (χ1v) is 11.2. The van der Waals surface area contributed by atoms with Crippen LogP contribution in [0.15, 0.2) is 24.3 Å². The molecule has 0 saturated heterocycles. The summed E-state index contributed by atoms with van der Waals surface area (Å²) in [5, 5.41) is 35.9. The van der Waals surface area contributed by atoms with Gasteiger partial charge in [0.1, 0.15) is 23.9 Å². The molecule has 0 radical (unpaired) electrons. The van der Waals surface area contributed by atoms with Crippen LogP contribution in [-0.4, -0.2) is 69.8 Å².